The first-order valence-electron chi connectivity index (χ1n) is 32.4. The van der Waals surface area contributed by atoms with Gasteiger partial charge in [0.05, 0.1) is 48.5 Å². The predicted octanol–water partition coefficient (Wildman–Crippen LogP) is 4.66. The second kappa shape index (κ2) is 32.0. The van der Waals surface area contributed by atoms with Crippen LogP contribution in [0.4, 0.5) is 15.3 Å². The van der Waals surface area contributed by atoms with Crippen LogP contribution < -0.4 is 31.7 Å². The Morgan fingerprint density at radius 1 is 0.918 bits per heavy atom. The number of fused-ring (bicyclic) bond motifs is 6. The molecule has 2 radical (unpaired) electrons. The maximum Gasteiger partial charge on any atom is 0.509 e. The number of phenols is 2. The first-order valence-corrected chi connectivity index (χ1v) is 34.8. The van der Waals surface area contributed by atoms with Crippen LogP contribution in [0, 0.1) is 5.92 Å². The zero-order chi connectivity index (χ0) is 70.3. The zero-order valence-electron chi connectivity index (χ0n) is 55.3. The van der Waals surface area contributed by atoms with E-state index < -0.39 is 151 Å². The fourth-order valence-corrected chi connectivity index (χ4v) is 15.3. The van der Waals surface area contributed by atoms with Gasteiger partial charge in [-0.1, -0.05) is 52.0 Å². The average Bonchev–Trinajstić information content (AvgIpc) is 1.61. The number of imide groups is 1. The summed E-state index contributed by atoms with van der Waals surface area (Å²) in [5.74, 6) is -6.89. The number of Topliss-reactive ketones (excluding diaryl/α,β-unsaturated/α-hetero) is 1. The highest BCUT2D eigenvalue weighted by atomic mass is 32.3. The zero-order valence-corrected chi connectivity index (χ0v) is 57.2. The molecule has 522 valence electrons. The number of nitrogens with two attached hydrogens (primary N) is 1. The number of nitrogens with one attached hydrogen (secondary N) is 4. The van der Waals surface area contributed by atoms with Crippen molar-refractivity contribution in [3.63, 3.8) is 0 Å². The van der Waals surface area contributed by atoms with E-state index in [-0.39, 0.29) is 119 Å². The maximum absolute atomic E-state index is 14.7. The van der Waals surface area contributed by atoms with Crippen molar-refractivity contribution in [1.82, 2.24) is 25.8 Å². The molecule has 4 heterocycles. The number of benzene rings is 3. The van der Waals surface area contributed by atoms with Crippen LogP contribution >= 0.6 is 10.1 Å². The standard InChI is InChI=1S/C67H85N7O21S.Al/c1-9-44(96)39-26-47(77)74(62(39)84)23-12-10-11-15-46(76)72-53(33(4)5)61(83)71-41(14-13-22-69-65(68)85)60(82)70-36-18-16-35(17-19-36)30-91-66(86)92-31-45(75)67(87)28-40-49(43(29-67)94-48-27-42-58(34(6)93-48)95-63-64(89-8)90-25-24-73(42)63)56(80)52-51(55(40)79)54(78)38-21-20-37(32(2)3)59(88-7)50(38)57(52)81;/h16-21,32,34,39,41-44,48,53,58,63-64,79-80,87,96H,4,9-15,22-31H2,1-3,5-8H3,(H,70,82)(H,71,83)(H,72,76)(H3,68,69,85);/q;+1/p-1/t34-,39?,41+,42-,43-,44?,48-,53+,58+,63+,64-,67-;/m0./s1. The fourth-order valence-electron chi connectivity index (χ4n) is 13.6. The van der Waals surface area contributed by atoms with Crippen LogP contribution in [0.3, 0.4) is 0 Å². The smallest absolute Gasteiger partial charge is 0.507 e. The van der Waals surface area contributed by atoms with Crippen molar-refractivity contribution < 1.29 is 101 Å². The lowest BCUT2D eigenvalue weighted by Crippen LogP contribution is -2.55. The van der Waals surface area contributed by atoms with Crippen LogP contribution in [0.15, 0.2) is 48.6 Å². The van der Waals surface area contributed by atoms with Crippen LogP contribution in [0.1, 0.15) is 165 Å². The Kier molecular flexibility index (Phi) is 24.3. The number of methoxy groups -OCH3 is 2. The number of primary amides is 1. The quantitative estimate of drug-likeness (QED) is 0.00915. The summed E-state index contributed by atoms with van der Waals surface area (Å²) in [7, 11) is 4.35. The second-order valence-corrected chi connectivity index (χ2v) is 27.1. The van der Waals surface area contributed by atoms with Gasteiger partial charge in [-0.2, -0.15) is 0 Å². The third-order valence-electron chi connectivity index (χ3n) is 18.6. The van der Waals surface area contributed by atoms with Crippen molar-refractivity contribution in [2.75, 3.05) is 52.4 Å². The number of urea groups is 1. The molecule has 7 amide bonds. The first-order chi connectivity index (χ1) is 46.2. The molecule has 3 aromatic carbocycles. The number of likely N-dealkylation sites (tertiary alicyclic amines) is 1. The highest BCUT2D eigenvalue weighted by Crippen LogP contribution is 2.54. The number of anilines is 1. The lowest BCUT2D eigenvalue weighted by molar-refractivity contribution is -0.256. The van der Waals surface area contributed by atoms with Crippen molar-refractivity contribution in [3.8, 4) is 17.2 Å². The number of carbonyl (C=O) groups excluding carboxylic acids is 10. The average molecular weight is 1380 g/mol. The second-order valence-electron chi connectivity index (χ2n) is 25.4. The van der Waals surface area contributed by atoms with Crippen LogP contribution in [-0.4, -0.2) is 206 Å². The molecule has 0 aromatic heterocycles. The molecule has 97 heavy (non-hydrogen) atoms. The molecule has 28 nitrogen and oxygen atoms in total. The largest absolute Gasteiger partial charge is 0.509 e. The molecule has 4 saturated heterocycles. The molecule has 9 rings (SSSR count). The number of aliphatic hydroxyl groups is 1. The van der Waals surface area contributed by atoms with E-state index in [1.165, 1.54) is 66.5 Å². The van der Waals surface area contributed by atoms with E-state index in [0.717, 1.165) is 6.42 Å². The Hall–Kier alpha value is -7.50. The molecule has 2 aliphatic carbocycles. The minimum Gasteiger partial charge on any atom is -0.507 e. The monoisotopic (exact) mass is 1380 g/mol. The third-order valence-corrected chi connectivity index (χ3v) is 20.7. The van der Waals surface area contributed by atoms with Gasteiger partial charge in [0.1, 0.15) is 47.6 Å². The summed E-state index contributed by atoms with van der Waals surface area (Å²) < 4.78 is 47.0. The fraction of sp³-hybridized carbons (Fsp3) is 0.552. The number of ether oxygens (including phenoxy) is 8. The number of ketones is 3. The topological polar surface area (TPSA) is 386 Å². The number of carbonyl (C=O) groups is 10. The number of amides is 7. The molecule has 30 heteroatoms. The van der Waals surface area contributed by atoms with Gasteiger partial charge >= 0.3 is 12.2 Å². The lowest BCUT2D eigenvalue weighted by atomic mass is 9.71. The molecule has 4 aliphatic heterocycles. The Bertz CT molecular complexity index is 3550. The van der Waals surface area contributed by atoms with E-state index in [4.69, 9.17) is 43.6 Å². The molecule has 0 bridgehead atoms. The number of unbranched alkanes of at least 4 members (excludes halogenated alkanes) is 2. The molecular weight excluding hydrogens is 1300 g/mol. The van der Waals surface area contributed by atoms with E-state index in [9.17, 15) is 63.3 Å². The van der Waals surface area contributed by atoms with Crippen LogP contribution in [0.2, 0.25) is 0 Å². The number of morpholine rings is 1. The van der Waals surface area contributed by atoms with Crippen molar-refractivity contribution in [2.45, 2.75) is 184 Å². The molecule has 0 spiro atoms. The summed E-state index contributed by atoms with van der Waals surface area (Å²) in [5.41, 5.74) is 2.48. The normalized spacial score (nSPS) is 24.4. The number of hydrogen-bond donors (Lipinski definition) is 8. The van der Waals surface area contributed by atoms with Crippen LogP contribution in [0.25, 0.3) is 0 Å². The molecule has 6 aliphatic rings. The Morgan fingerprint density at radius 2 is 1.65 bits per heavy atom. The van der Waals surface area contributed by atoms with E-state index in [0.29, 0.717) is 43.5 Å². The number of hydrogen-bond acceptors (Lipinski definition) is 23. The summed E-state index contributed by atoms with van der Waals surface area (Å²) in [6.45, 7) is 12.6. The number of rotatable bonds is 29. The van der Waals surface area contributed by atoms with Gasteiger partial charge in [-0.3, -0.25) is 58.3 Å². The van der Waals surface area contributed by atoms with E-state index in [1.54, 1.807) is 13.0 Å². The minimum atomic E-state index is -2.52. The molecular formula is C67H84AlN7O21S. The number of aromatic hydroxyl groups is 2. The van der Waals surface area contributed by atoms with Gasteiger partial charge in [0.25, 0.3) is 0 Å². The first kappa shape index (κ1) is 73.7. The Balaban J connectivity index is 0.825. The summed E-state index contributed by atoms with van der Waals surface area (Å²) in [4.78, 5) is 138. The van der Waals surface area contributed by atoms with Crippen molar-refractivity contribution in [3.05, 3.63) is 93.1 Å². The van der Waals surface area contributed by atoms with Gasteiger partial charge in [-0.25, -0.2) is 9.59 Å². The van der Waals surface area contributed by atoms with Gasteiger partial charge in [0, 0.05) is 87.3 Å². The SMILES string of the molecule is C=C(C)[C@@H](NC(=O)CCCCCN1C(=O)CC(C(CC)[S][Al])C1=O)C(=O)N[C@H](CCCNC(N)=O)C(=O)Nc1ccc(COC(=O)OCC(=O)[C@]2(O)Cc3c(O)c4c(c(O)c3[C@@H](O[C@H]3C[C@H]5[C@H](O[C@@H]6[C@@H](OC)OCCN65)[C@H](C)O3)C2)C(=O)c2c(ccc(C(C)C)c2OC)C4=O)cc1. The van der Waals surface area contributed by atoms with Crippen molar-refractivity contribution in [2.24, 2.45) is 11.7 Å². The molecule has 2 unspecified atom stereocenters. The highest BCUT2D eigenvalue weighted by molar-refractivity contribution is 8.20. The summed E-state index contributed by atoms with van der Waals surface area (Å²) in [6.07, 6.45) is -4.85. The van der Waals surface area contributed by atoms with Gasteiger partial charge < -0.3 is 80.2 Å². The molecule has 9 N–H and O–H groups in total. The lowest BCUT2D eigenvalue weighted by Gasteiger charge is -2.43. The third kappa shape index (κ3) is 16.1. The van der Waals surface area contributed by atoms with Crippen molar-refractivity contribution in [1.29, 1.82) is 0 Å². The van der Waals surface area contributed by atoms with Crippen LogP contribution in [0.5, 0.6) is 17.2 Å². The van der Waals surface area contributed by atoms with Crippen LogP contribution in [-0.2, 0) is 75.0 Å². The van der Waals surface area contributed by atoms with Gasteiger partial charge in [-0.15, -0.1) is 0 Å². The molecule has 4 fully saturated rings. The number of phenolic OH excluding ortho intramolecular Hbond substituents is 2. The predicted molar refractivity (Wildman–Crippen MR) is 348 cm³/mol. The Labute approximate surface area is 572 Å². The van der Waals surface area contributed by atoms with E-state index in [1.807, 2.05) is 20.8 Å². The van der Waals surface area contributed by atoms with Crippen molar-refractivity contribution >= 4 is 90.0 Å². The minimum absolute atomic E-state index is 0.0165. The summed E-state index contributed by atoms with van der Waals surface area (Å²) >= 11 is 2.56. The summed E-state index contributed by atoms with van der Waals surface area (Å²) in [5, 5.41) is 47.6. The van der Waals surface area contributed by atoms with Gasteiger partial charge in [0.2, 0.25) is 56.3 Å². The summed E-state index contributed by atoms with van der Waals surface area (Å²) in [6, 6.07) is 5.52. The highest BCUT2D eigenvalue weighted by Gasteiger charge is 2.56. The molecule has 3 aromatic rings. The van der Waals surface area contributed by atoms with E-state index in [2.05, 4.69) is 47.9 Å². The van der Waals surface area contributed by atoms with Gasteiger partial charge in [0.15, 0.2) is 31.2 Å². The Morgan fingerprint density at radius 3 is 2.32 bits per heavy atom. The molecule has 0 saturated carbocycles. The van der Waals surface area contributed by atoms with E-state index >= 15 is 0 Å². The maximum atomic E-state index is 14.7. The molecule has 12 atom stereocenters. The number of nitrogens with zero attached hydrogens (tertiary/aromatic N) is 2. The van der Waals surface area contributed by atoms with Gasteiger partial charge in [-0.05, 0) is 92.0 Å².